The van der Waals surface area contributed by atoms with Crippen LogP contribution in [0, 0.1) is 18.6 Å². The molecule has 0 saturated carbocycles. The highest BCUT2D eigenvalue weighted by molar-refractivity contribution is 6.00. The van der Waals surface area contributed by atoms with Gasteiger partial charge in [0.1, 0.15) is 23.0 Å². The molecule has 1 amide bonds. The summed E-state index contributed by atoms with van der Waals surface area (Å²) in [5, 5.41) is 0. The van der Waals surface area contributed by atoms with Crippen LogP contribution in [0.4, 0.5) is 8.78 Å². The second kappa shape index (κ2) is 6.44. The summed E-state index contributed by atoms with van der Waals surface area (Å²) in [6.45, 7) is 2.66. The van der Waals surface area contributed by atoms with Crippen LogP contribution in [0.15, 0.2) is 36.4 Å². The van der Waals surface area contributed by atoms with E-state index in [4.69, 9.17) is 4.74 Å². The Morgan fingerprint density at radius 1 is 1.07 bits per heavy atom. The fourth-order valence-electron chi connectivity index (χ4n) is 3.86. The zero-order valence-corrected chi connectivity index (χ0v) is 14.9. The third-order valence-corrected chi connectivity index (χ3v) is 5.32. The third kappa shape index (κ3) is 3.31. The van der Waals surface area contributed by atoms with Gasteiger partial charge >= 0.3 is 0 Å². The number of ketones is 1. The summed E-state index contributed by atoms with van der Waals surface area (Å²) in [7, 11) is 0. The summed E-state index contributed by atoms with van der Waals surface area (Å²) in [4.78, 5) is 26.7. The molecular weight excluding hydrogens is 352 g/mol. The lowest BCUT2D eigenvalue weighted by Gasteiger charge is -2.44. The normalized spacial score (nSPS) is 18.2. The molecule has 6 heteroatoms. The van der Waals surface area contributed by atoms with Crippen LogP contribution in [-0.4, -0.2) is 35.3 Å². The quantitative estimate of drug-likeness (QED) is 0.764. The molecule has 1 saturated heterocycles. The van der Waals surface area contributed by atoms with Crippen molar-refractivity contribution in [1.82, 2.24) is 4.90 Å². The number of likely N-dealkylation sites (tertiary alicyclic amines) is 1. The number of carbonyl (C=O) groups excluding carboxylic acids is 2. The van der Waals surface area contributed by atoms with E-state index >= 15 is 0 Å². The van der Waals surface area contributed by atoms with E-state index in [2.05, 4.69) is 0 Å². The fraction of sp³-hybridized carbons (Fsp3) is 0.333. The van der Waals surface area contributed by atoms with Gasteiger partial charge in [-0.25, -0.2) is 8.78 Å². The van der Waals surface area contributed by atoms with Crippen molar-refractivity contribution in [1.29, 1.82) is 0 Å². The van der Waals surface area contributed by atoms with Crippen molar-refractivity contribution in [3.63, 3.8) is 0 Å². The molecule has 0 N–H and O–H groups in total. The van der Waals surface area contributed by atoms with Crippen molar-refractivity contribution in [2.75, 3.05) is 13.1 Å². The van der Waals surface area contributed by atoms with Gasteiger partial charge in [-0.3, -0.25) is 9.59 Å². The zero-order valence-electron chi connectivity index (χ0n) is 14.9. The molecule has 0 unspecified atom stereocenters. The summed E-state index contributed by atoms with van der Waals surface area (Å²) in [5.41, 5.74) is 0.979. The van der Waals surface area contributed by atoms with E-state index in [9.17, 15) is 18.4 Å². The van der Waals surface area contributed by atoms with Crippen molar-refractivity contribution in [2.24, 2.45) is 0 Å². The van der Waals surface area contributed by atoms with Crippen molar-refractivity contribution in [3.05, 3.63) is 64.7 Å². The molecule has 4 nitrogen and oxygen atoms in total. The Labute approximate surface area is 155 Å². The van der Waals surface area contributed by atoms with Gasteiger partial charge in [0, 0.05) is 37.6 Å². The van der Waals surface area contributed by atoms with Crippen molar-refractivity contribution >= 4 is 11.7 Å². The number of ether oxygens (including phenoxy) is 1. The molecule has 140 valence electrons. The Hall–Kier alpha value is -2.76. The molecule has 0 atom stereocenters. The minimum atomic E-state index is -0.778. The lowest BCUT2D eigenvalue weighted by atomic mass is 9.82. The van der Waals surface area contributed by atoms with Gasteiger partial charge < -0.3 is 9.64 Å². The summed E-state index contributed by atoms with van der Waals surface area (Å²) >= 11 is 0. The first-order chi connectivity index (χ1) is 12.8. The number of halogens is 2. The number of Topliss-reactive ketones (excluding diaryl/α,β-unsaturated/α-hetero) is 1. The average molecular weight is 371 g/mol. The largest absolute Gasteiger partial charge is 0.486 e. The predicted molar refractivity (Wildman–Crippen MR) is 95.0 cm³/mol. The standard InChI is InChI=1S/C21H19F2NO3/c1-13-2-3-19-17(8-13)18(25)12-21(27-19)4-6-24(7-5-21)20(26)14-9-15(22)11-16(23)10-14/h2-3,8-11H,4-7,12H2,1H3. The predicted octanol–water partition coefficient (Wildman–Crippen LogP) is 3.91. The lowest BCUT2D eigenvalue weighted by molar-refractivity contribution is -0.00575. The highest BCUT2D eigenvalue weighted by Crippen LogP contribution is 2.39. The Bertz CT molecular complexity index is 913. The molecule has 0 aromatic heterocycles. The van der Waals surface area contributed by atoms with Gasteiger partial charge in [-0.05, 0) is 31.2 Å². The van der Waals surface area contributed by atoms with Gasteiger partial charge in [0.05, 0.1) is 12.0 Å². The molecular formula is C21H19F2NO3. The molecule has 0 aliphatic carbocycles. The first kappa shape index (κ1) is 17.6. The number of amides is 1. The first-order valence-electron chi connectivity index (χ1n) is 8.93. The highest BCUT2D eigenvalue weighted by atomic mass is 19.1. The van der Waals surface area contributed by atoms with Gasteiger partial charge in [0.25, 0.3) is 5.91 Å². The summed E-state index contributed by atoms with van der Waals surface area (Å²) in [6, 6.07) is 8.37. The molecule has 2 aromatic rings. The number of nitrogens with zero attached hydrogens (tertiary/aromatic N) is 1. The van der Waals surface area contributed by atoms with E-state index in [0.717, 1.165) is 23.8 Å². The Morgan fingerprint density at radius 3 is 2.41 bits per heavy atom. The molecule has 2 aliphatic heterocycles. The maximum atomic E-state index is 13.4. The first-order valence-corrected chi connectivity index (χ1v) is 8.93. The zero-order chi connectivity index (χ0) is 19.2. The number of hydrogen-bond acceptors (Lipinski definition) is 3. The number of carbonyl (C=O) groups is 2. The van der Waals surface area contributed by atoms with Crippen LogP contribution in [0.2, 0.25) is 0 Å². The number of fused-ring (bicyclic) bond motifs is 1. The molecule has 1 fully saturated rings. The van der Waals surface area contributed by atoms with Crippen LogP contribution < -0.4 is 4.74 Å². The average Bonchev–Trinajstić information content (AvgIpc) is 2.62. The highest BCUT2D eigenvalue weighted by Gasteiger charge is 2.43. The smallest absolute Gasteiger partial charge is 0.254 e. The molecule has 2 aromatic carbocycles. The van der Waals surface area contributed by atoms with Crippen molar-refractivity contribution < 1.29 is 23.1 Å². The minimum absolute atomic E-state index is 0.00934. The van der Waals surface area contributed by atoms with Gasteiger partial charge in [0.2, 0.25) is 0 Å². The molecule has 4 rings (SSSR count). The van der Waals surface area contributed by atoms with E-state index in [1.807, 2.05) is 25.1 Å². The van der Waals surface area contributed by atoms with E-state index in [1.54, 1.807) is 4.90 Å². The molecule has 2 aliphatic rings. The van der Waals surface area contributed by atoms with Crippen LogP contribution in [-0.2, 0) is 0 Å². The summed E-state index contributed by atoms with van der Waals surface area (Å²) in [5.74, 6) is -1.34. The van der Waals surface area contributed by atoms with Crippen LogP contribution in [0.3, 0.4) is 0 Å². The number of rotatable bonds is 1. The Morgan fingerprint density at radius 2 is 1.74 bits per heavy atom. The minimum Gasteiger partial charge on any atom is -0.486 e. The number of hydrogen-bond donors (Lipinski definition) is 0. The van der Waals surface area contributed by atoms with Crippen LogP contribution in [0.1, 0.15) is 45.5 Å². The molecule has 1 spiro atoms. The van der Waals surface area contributed by atoms with Gasteiger partial charge in [0.15, 0.2) is 5.78 Å². The molecule has 0 bridgehead atoms. The molecule has 2 heterocycles. The van der Waals surface area contributed by atoms with Crippen LogP contribution in [0.5, 0.6) is 5.75 Å². The Balaban J connectivity index is 1.49. The van der Waals surface area contributed by atoms with Gasteiger partial charge in [-0.15, -0.1) is 0 Å². The lowest BCUT2D eigenvalue weighted by Crippen LogP contribution is -2.52. The topological polar surface area (TPSA) is 46.6 Å². The summed E-state index contributed by atoms with van der Waals surface area (Å²) in [6.07, 6.45) is 1.27. The second-order valence-corrected chi connectivity index (χ2v) is 7.33. The summed E-state index contributed by atoms with van der Waals surface area (Å²) < 4.78 is 32.9. The third-order valence-electron chi connectivity index (χ3n) is 5.32. The van der Waals surface area contributed by atoms with Gasteiger partial charge in [-0.2, -0.15) is 0 Å². The number of piperidine rings is 1. The van der Waals surface area contributed by atoms with Crippen molar-refractivity contribution in [2.45, 2.75) is 31.8 Å². The SMILES string of the molecule is Cc1ccc2c(c1)C(=O)CC1(CCN(C(=O)c3cc(F)cc(F)c3)CC1)O2. The van der Waals surface area contributed by atoms with E-state index in [0.29, 0.717) is 37.2 Å². The monoisotopic (exact) mass is 371 g/mol. The van der Waals surface area contributed by atoms with Crippen molar-refractivity contribution in [3.8, 4) is 5.75 Å². The van der Waals surface area contributed by atoms with E-state index in [1.165, 1.54) is 0 Å². The van der Waals surface area contributed by atoms with Crippen LogP contribution >= 0.6 is 0 Å². The van der Waals surface area contributed by atoms with E-state index < -0.39 is 23.1 Å². The van der Waals surface area contributed by atoms with Crippen LogP contribution in [0.25, 0.3) is 0 Å². The molecule has 27 heavy (non-hydrogen) atoms. The number of benzene rings is 2. The van der Waals surface area contributed by atoms with E-state index in [-0.39, 0.29) is 17.8 Å². The Kier molecular flexibility index (Phi) is 4.21. The maximum absolute atomic E-state index is 13.4. The maximum Gasteiger partial charge on any atom is 0.254 e. The fourth-order valence-corrected chi connectivity index (χ4v) is 3.86. The second-order valence-electron chi connectivity index (χ2n) is 7.33. The molecule has 0 radical (unpaired) electrons. The number of aryl methyl sites for hydroxylation is 1. The van der Waals surface area contributed by atoms with Gasteiger partial charge in [-0.1, -0.05) is 11.6 Å².